The van der Waals surface area contributed by atoms with Gasteiger partial charge in [0.15, 0.2) is 0 Å². The average molecular weight is 800 g/mol. The van der Waals surface area contributed by atoms with Crippen molar-refractivity contribution in [3.8, 4) is 34.0 Å². The molecule has 2 heterocycles. The number of halogens is 2. The maximum Gasteiger partial charge on any atom is 0.326 e. The lowest BCUT2D eigenvalue weighted by atomic mass is 9.94. The van der Waals surface area contributed by atoms with Gasteiger partial charge in [-0.25, -0.2) is 14.2 Å². The number of fused-ring (bicyclic) bond motifs is 2. The summed E-state index contributed by atoms with van der Waals surface area (Å²) in [6.07, 6.45) is 6.55. The summed E-state index contributed by atoms with van der Waals surface area (Å²) in [5, 5.41) is 23.9. The molecule has 1 atom stereocenters. The van der Waals surface area contributed by atoms with E-state index in [0.717, 1.165) is 54.3 Å². The van der Waals surface area contributed by atoms with Crippen LogP contribution in [0, 0.1) is 5.82 Å². The lowest BCUT2D eigenvalue weighted by Gasteiger charge is -2.26. The summed E-state index contributed by atoms with van der Waals surface area (Å²) in [6.45, 7) is 0.0252. The Bertz CT molecular complexity index is 2700. The highest BCUT2D eigenvalue weighted by atomic mass is 35.5. The zero-order chi connectivity index (χ0) is 40.5. The fourth-order valence-electron chi connectivity index (χ4n) is 7.84. The maximum atomic E-state index is 16.2. The van der Waals surface area contributed by atoms with Crippen molar-refractivity contribution in [1.29, 1.82) is 0 Å². The number of imidazole rings is 1. The number of phenolic OH excluding ortho intramolecular Hbond substituents is 1. The Labute approximate surface area is 337 Å². The van der Waals surface area contributed by atoms with Gasteiger partial charge in [0, 0.05) is 51.8 Å². The number of nitrogens with one attached hydrogen (secondary N) is 2. The molecule has 11 nitrogen and oxygen atoms in total. The van der Waals surface area contributed by atoms with E-state index in [1.54, 1.807) is 79.0 Å². The summed E-state index contributed by atoms with van der Waals surface area (Å²) in [4.78, 5) is 45.9. The molecule has 1 aliphatic rings. The number of carbonyl (C=O) groups excluding carboxylic acids is 2. The van der Waals surface area contributed by atoms with E-state index in [-0.39, 0.29) is 41.7 Å². The number of hydrogen-bond acceptors (Lipinski definition) is 6. The van der Waals surface area contributed by atoms with Gasteiger partial charge in [0.05, 0.1) is 16.6 Å². The molecule has 58 heavy (non-hydrogen) atoms. The van der Waals surface area contributed by atoms with Crippen LogP contribution < -0.4 is 15.8 Å². The van der Waals surface area contributed by atoms with E-state index in [0.29, 0.717) is 38.4 Å². The second-order valence-corrected chi connectivity index (χ2v) is 15.0. The number of aromatic amines is 1. The van der Waals surface area contributed by atoms with Gasteiger partial charge in [-0.3, -0.25) is 9.59 Å². The topological polar surface area (TPSA) is 173 Å². The van der Waals surface area contributed by atoms with Gasteiger partial charge in [0.25, 0.3) is 5.91 Å². The first-order chi connectivity index (χ1) is 28.0. The Morgan fingerprint density at radius 3 is 2.41 bits per heavy atom. The predicted octanol–water partition coefficient (Wildman–Crippen LogP) is 8.96. The quantitative estimate of drug-likeness (QED) is 0.0821. The number of ether oxygens (including phenoxy) is 1. The van der Waals surface area contributed by atoms with Crippen LogP contribution >= 0.6 is 11.6 Å². The van der Waals surface area contributed by atoms with Gasteiger partial charge in [-0.2, -0.15) is 0 Å². The second kappa shape index (κ2) is 16.1. The SMILES string of the molecule is NC(=O)c1ccc(-c2ccc(Cl)cc2)c(COc2ccc(-c3nc4cc(C(=O)NC(Cc5c[nH]c6ccc(O)cc56)C(=O)O)ccc4n3C3CCCCC3)c(F)c2)c1. The van der Waals surface area contributed by atoms with E-state index in [1.807, 2.05) is 12.1 Å². The normalized spacial score (nSPS) is 13.8. The summed E-state index contributed by atoms with van der Waals surface area (Å²) < 4.78 is 24.4. The molecular weight excluding hydrogens is 761 g/mol. The van der Waals surface area contributed by atoms with Crippen molar-refractivity contribution in [3.63, 3.8) is 0 Å². The number of phenols is 1. The van der Waals surface area contributed by atoms with Gasteiger partial charge in [-0.1, -0.05) is 49.1 Å². The van der Waals surface area contributed by atoms with Crippen molar-refractivity contribution < 1.29 is 33.7 Å². The maximum absolute atomic E-state index is 16.2. The first-order valence-corrected chi connectivity index (χ1v) is 19.4. The highest BCUT2D eigenvalue weighted by molar-refractivity contribution is 6.30. The fraction of sp³-hybridized carbons (Fsp3) is 0.200. The highest BCUT2D eigenvalue weighted by Crippen LogP contribution is 2.38. The first kappa shape index (κ1) is 38.2. The standard InChI is InChI=1S/C45H39ClFN5O6/c46-30-10-6-25(7-11-30)34-14-8-26(42(48)54)18-29(34)24-58-33-13-15-35(37(47)22-33)43-50-39-19-27(9-17-41(39)52(43)31-4-2-1-3-5-31)44(55)51-40(45(56)57)20-28-23-49-38-16-12-32(53)21-36(28)38/h6-19,21-23,31,40,49,53H,1-5,20,24H2,(H2,48,54)(H,51,55)(H,56,57). The number of carbonyl (C=O) groups is 3. The van der Waals surface area contributed by atoms with Crippen molar-refractivity contribution >= 4 is 51.3 Å². The third kappa shape index (κ3) is 7.83. The largest absolute Gasteiger partial charge is 0.508 e. The minimum atomic E-state index is -1.26. The van der Waals surface area contributed by atoms with Crippen molar-refractivity contribution in [1.82, 2.24) is 19.9 Å². The molecule has 5 aromatic carbocycles. The molecule has 13 heteroatoms. The Kier molecular flexibility index (Phi) is 10.6. The second-order valence-electron chi connectivity index (χ2n) is 14.6. The summed E-state index contributed by atoms with van der Waals surface area (Å²) >= 11 is 6.11. The van der Waals surface area contributed by atoms with E-state index in [4.69, 9.17) is 27.1 Å². The third-order valence-corrected chi connectivity index (χ3v) is 11.0. The van der Waals surface area contributed by atoms with Crippen LogP contribution in [0.15, 0.2) is 103 Å². The molecule has 8 rings (SSSR count). The molecule has 1 aliphatic carbocycles. The number of primary amides is 1. The van der Waals surface area contributed by atoms with Crippen LogP contribution in [0.5, 0.6) is 11.5 Å². The number of aliphatic carboxylic acids is 1. The number of carboxylic acids is 1. The smallest absolute Gasteiger partial charge is 0.326 e. The number of rotatable bonds is 12. The van der Waals surface area contributed by atoms with E-state index in [2.05, 4.69) is 14.9 Å². The fourth-order valence-corrected chi connectivity index (χ4v) is 7.97. The van der Waals surface area contributed by atoms with Crippen LogP contribution in [0.4, 0.5) is 4.39 Å². The van der Waals surface area contributed by atoms with Crippen LogP contribution in [-0.4, -0.2) is 48.6 Å². The lowest BCUT2D eigenvalue weighted by molar-refractivity contribution is -0.139. The number of aromatic nitrogens is 3. The highest BCUT2D eigenvalue weighted by Gasteiger charge is 2.27. The molecule has 0 radical (unpaired) electrons. The monoisotopic (exact) mass is 799 g/mol. The molecule has 0 aliphatic heterocycles. The van der Waals surface area contributed by atoms with Gasteiger partial charge in [0.1, 0.15) is 35.8 Å². The number of nitrogens with two attached hydrogens (primary N) is 1. The van der Waals surface area contributed by atoms with Crippen LogP contribution in [0.1, 0.15) is 70.0 Å². The number of nitrogens with zero attached hydrogens (tertiary/aromatic N) is 2. The molecule has 0 saturated heterocycles. The van der Waals surface area contributed by atoms with Gasteiger partial charge in [0.2, 0.25) is 5.91 Å². The molecule has 2 amide bonds. The third-order valence-electron chi connectivity index (χ3n) is 10.8. The minimum Gasteiger partial charge on any atom is -0.508 e. The van der Waals surface area contributed by atoms with Crippen molar-refractivity contribution in [2.75, 3.05) is 0 Å². The lowest BCUT2D eigenvalue weighted by Crippen LogP contribution is -2.42. The summed E-state index contributed by atoms with van der Waals surface area (Å²) in [6, 6.07) is 25.5. The number of amides is 2. The van der Waals surface area contributed by atoms with E-state index < -0.39 is 29.6 Å². The van der Waals surface area contributed by atoms with Gasteiger partial charge in [-0.15, -0.1) is 0 Å². The molecule has 0 spiro atoms. The molecule has 0 bridgehead atoms. The summed E-state index contributed by atoms with van der Waals surface area (Å²) in [7, 11) is 0. The van der Waals surface area contributed by atoms with Gasteiger partial charge in [-0.05, 0) is 108 Å². The molecule has 6 N–H and O–H groups in total. The number of hydrogen-bond donors (Lipinski definition) is 5. The van der Waals surface area contributed by atoms with Crippen LogP contribution in [0.25, 0.3) is 44.5 Å². The molecule has 294 valence electrons. The molecule has 1 unspecified atom stereocenters. The first-order valence-electron chi connectivity index (χ1n) is 19.0. The van der Waals surface area contributed by atoms with Crippen LogP contribution in [0.2, 0.25) is 5.02 Å². The molecule has 2 aromatic heterocycles. The number of carboxylic acid groups (broad SMARTS) is 1. The number of aromatic hydroxyl groups is 1. The van der Waals surface area contributed by atoms with Crippen molar-refractivity contribution in [2.45, 2.75) is 57.2 Å². The molecular formula is C45H39ClFN5O6. The Hall–Kier alpha value is -6.66. The Balaban J connectivity index is 1.07. The molecule has 7 aromatic rings. The average Bonchev–Trinajstić information content (AvgIpc) is 3.80. The molecule has 1 fully saturated rings. The Morgan fingerprint density at radius 1 is 0.914 bits per heavy atom. The zero-order valence-corrected chi connectivity index (χ0v) is 31.9. The van der Waals surface area contributed by atoms with E-state index in [1.165, 1.54) is 12.1 Å². The number of H-pyrrole nitrogens is 1. The zero-order valence-electron chi connectivity index (χ0n) is 31.2. The molecule has 1 saturated carbocycles. The summed E-state index contributed by atoms with van der Waals surface area (Å²) in [5.74, 6) is -2.22. The summed E-state index contributed by atoms with van der Waals surface area (Å²) in [5.41, 5.74) is 11.3. The van der Waals surface area contributed by atoms with E-state index in [9.17, 15) is 24.6 Å². The van der Waals surface area contributed by atoms with Crippen LogP contribution in [0.3, 0.4) is 0 Å². The minimum absolute atomic E-state index is 0.0184. The van der Waals surface area contributed by atoms with Crippen molar-refractivity contribution in [2.24, 2.45) is 5.73 Å². The number of benzene rings is 5. The van der Waals surface area contributed by atoms with E-state index >= 15 is 4.39 Å². The van der Waals surface area contributed by atoms with Gasteiger partial charge < -0.3 is 35.6 Å². The van der Waals surface area contributed by atoms with Crippen LogP contribution in [-0.2, 0) is 17.8 Å². The van der Waals surface area contributed by atoms with Crippen molar-refractivity contribution in [3.05, 3.63) is 136 Å². The Morgan fingerprint density at radius 2 is 1.67 bits per heavy atom. The predicted molar refractivity (Wildman–Crippen MR) is 220 cm³/mol. The van der Waals surface area contributed by atoms with Gasteiger partial charge >= 0.3 is 5.97 Å².